The molecule has 2 heterocycles. The summed E-state index contributed by atoms with van der Waals surface area (Å²) in [4.78, 5) is 16.1. The lowest BCUT2D eigenvalue weighted by molar-refractivity contribution is -0.254. The maximum Gasteiger partial charge on any atom is 0.153 e. The van der Waals surface area contributed by atoms with Crippen LogP contribution in [0.1, 0.15) is 15.9 Å². The number of carboxylic acids is 1. The van der Waals surface area contributed by atoms with Gasteiger partial charge in [0.15, 0.2) is 5.76 Å². The molecule has 4 nitrogen and oxygen atoms in total. The summed E-state index contributed by atoms with van der Waals surface area (Å²) in [5.41, 5.74) is 2.70. The van der Waals surface area contributed by atoms with Crippen molar-refractivity contribution in [3.05, 3.63) is 75.8 Å². The first-order valence-electron chi connectivity index (χ1n) is 8.10. The molecular weight excluding hydrogens is 385 g/mol. The van der Waals surface area contributed by atoms with Crippen LogP contribution in [-0.2, 0) is 0 Å². The fourth-order valence-electron chi connectivity index (χ4n) is 2.96. The van der Waals surface area contributed by atoms with Crippen LogP contribution >= 0.6 is 23.2 Å². The van der Waals surface area contributed by atoms with Crippen LogP contribution in [0.3, 0.4) is 0 Å². The molecule has 0 radical (unpaired) electrons. The molecule has 0 fully saturated rings. The lowest BCUT2D eigenvalue weighted by atomic mass is 10.0. The number of aryl methyl sites for hydroxylation is 1. The van der Waals surface area contributed by atoms with Crippen molar-refractivity contribution in [1.82, 2.24) is 4.98 Å². The average molecular weight is 397 g/mol. The minimum Gasteiger partial charge on any atom is -0.545 e. The van der Waals surface area contributed by atoms with Gasteiger partial charge in [0.1, 0.15) is 11.5 Å². The van der Waals surface area contributed by atoms with Crippen LogP contribution in [0, 0.1) is 6.92 Å². The van der Waals surface area contributed by atoms with Crippen molar-refractivity contribution < 1.29 is 14.3 Å². The first-order valence-corrected chi connectivity index (χ1v) is 8.86. The Labute approximate surface area is 165 Å². The van der Waals surface area contributed by atoms with E-state index in [1.807, 2.05) is 13.0 Å². The third kappa shape index (κ3) is 3.42. The molecule has 0 aliphatic rings. The van der Waals surface area contributed by atoms with Gasteiger partial charge in [-0.3, -0.25) is 0 Å². The third-order valence-electron chi connectivity index (χ3n) is 4.19. The summed E-state index contributed by atoms with van der Waals surface area (Å²) in [6, 6.07) is 15.5. The van der Waals surface area contributed by atoms with Gasteiger partial charge in [-0.05, 0) is 55.5 Å². The Morgan fingerprint density at radius 2 is 1.67 bits per heavy atom. The maximum atomic E-state index is 11.6. The summed E-state index contributed by atoms with van der Waals surface area (Å²) in [6.45, 7) is 1.89. The van der Waals surface area contributed by atoms with Crippen LogP contribution in [0.5, 0.6) is 0 Å². The smallest absolute Gasteiger partial charge is 0.153 e. The van der Waals surface area contributed by atoms with E-state index in [4.69, 9.17) is 27.6 Å². The minimum atomic E-state index is -1.26. The van der Waals surface area contributed by atoms with E-state index in [0.717, 1.165) is 11.1 Å². The van der Waals surface area contributed by atoms with Crippen molar-refractivity contribution in [3.63, 3.8) is 0 Å². The van der Waals surface area contributed by atoms with E-state index >= 15 is 0 Å². The van der Waals surface area contributed by atoms with Crippen molar-refractivity contribution in [2.24, 2.45) is 0 Å². The van der Waals surface area contributed by atoms with E-state index in [2.05, 4.69) is 4.98 Å². The number of furan rings is 1. The number of halogens is 2. The quantitative estimate of drug-likeness (QED) is 0.480. The second-order valence-electron chi connectivity index (χ2n) is 6.19. The van der Waals surface area contributed by atoms with Gasteiger partial charge in [0.2, 0.25) is 0 Å². The van der Waals surface area contributed by atoms with Crippen molar-refractivity contribution in [3.8, 4) is 22.8 Å². The number of benzene rings is 2. The summed E-state index contributed by atoms with van der Waals surface area (Å²) in [5, 5.41) is 13.1. The van der Waals surface area contributed by atoms with Crippen LogP contribution in [0.25, 0.3) is 33.7 Å². The predicted octanol–water partition coefficient (Wildman–Crippen LogP) is 5.14. The molecule has 6 heteroatoms. The van der Waals surface area contributed by atoms with Crippen molar-refractivity contribution in [2.75, 3.05) is 0 Å². The van der Waals surface area contributed by atoms with Gasteiger partial charge < -0.3 is 14.3 Å². The van der Waals surface area contributed by atoms with E-state index < -0.39 is 5.97 Å². The van der Waals surface area contributed by atoms with Gasteiger partial charge in [0.25, 0.3) is 0 Å². The molecule has 134 valence electrons. The van der Waals surface area contributed by atoms with Gasteiger partial charge >= 0.3 is 0 Å². The van der Waals surface area contributed by atoms with E-state index in [9.17, 15) is 9.90 Å². The first kappa shape index (κ1) is 17.6. The highest BCUT2D eigenvalue weighted by molar-refractivity contribution is 6.35. The molecule has 4 aromatic rings. The largest absolute Gasteiger partial charge is 0.545 e. The lowest BCUT2D eigenvalue weighted by Gasteiger charge is -2.10. The number of pyridine rings is 1. The number of rotatable bonds is 3. The normalized spacial score (nSPS) is 11.1. The zero-order chi connectivity index (χ0) is 19.1. The first-order chi connectivity index (χ1) is 12.9. The van der Waals surface area contributed by atoms with Gasteiger partial charge in [-0.2, -0.15) is 0 Å². The monoisotopic (exact) mass is 396 g/mol. The van der Waals surface area contributed by atoms with E-state index in [-0.39, 0.29) is 5.56 Å². The molecule has 0 aliphatic heterocycles. The fraction of sp³-hybridized carbons (Fsp3) is 0.0476. The number of carboxylic acid groups (broad SMARTS) is 1. The topological polar surface area (TPSA) is 66.2 Å². The molecule has 0 N–H and O–H groups in total. The average Bonchev–Trinajstić information content (AvgIpc) is 3.10. The van der Waals surface area contributed by atoms with Crippen molar-refractivity contribution in [1.29, 1.82) is 0 Å². The zero-order valence-electron chi connectivity index (χ0n) is 14.1. The van der Waals surface area contributed by atoms with E-state index in [0.29, 0.717) is 38.2 Å². The van der Waals surface area contributed by atoms with Gasteiger partial charge in [-0.1, -0.05) is 34.8 Å². The summed E-state index contributed by atoms with van der Waals surface area (Å²) in [6.07, 6.45) is 0. The molecule has 0 aliphatic carbocycles. The maximum absolute atomic E-state index is 11.6. The van der Waals surface area contributed by atoms with Gasteiger partial charge in [0, 0.05) is 26.6 Å². The highest BCUT2D eigenvalue weighted by atomic mass is 35.5. The van der Waals surface area contributed by atoms with Gasteiger partial charge in [-0.15, -0.1) is 0 Å². The third-order valence-corrected chi connectivity index (χ3v) is 4.63. The zero-order valence-corrected chi connectivity index (χ0v) is 15.6. The summed E-state index contributed by atoms with van der Waals surface area (Å²) in [7, 11) is 0. The summed E-state index contributed by atoms with van der Waals surface area (Å²) >= 11 is 12.1. The molecular formula is C21H12Cl2NO3-. The number of fused-ring (bicyclic) bond motifs is 1. The van der Waals surface area contributed by atoms with Crippen molar-refractivity contribution >= 4 is 40.1 Å². The molecule has 0 atom stereocenters. The summed E-state index contributed by atoms with van der Waals surface area (Å²) in [5.74, 6) is -0.274. The molecule has 0 saturated heterocycles. The Morgan fingerprint density at radius 3 is 2.37 bits per heavy atom. The second kappa shape index (κ2) is 6.72. The number of carbonyl (C=O) groups excluding carboxylic acids is 1. The number of nitrogens with zero attached hydrogens (tertiary/aromatic N) is 1. The predicted molar refractivity (Wildman–Crippen MR) is 104 cm³/mol. The van der Waals surface area contributed by atoms with Crippen LogP contribution in [0.15, 0.2) is 59.0 Å². The fourth-order valence-corrected chi connectivity index (χ4v) is 3.49. The summed E-state index contributed by atoms with van der Waals surface area (Å²) < 4.78 is 5.88. The van der Waals surface area contributed by atoms with Crippen LogP contribution < -0.4 is 5.11 Å². The Balaban J connectivity index is 1.84. The number of carbonyl (C=O) groups is 1. The van der Waals surface area contributed by atoms with Gasteiger partial charge in [-0.25, -0.2) is 4.98 Å². The number of aromatic nitrogens is 1. The minimum absolute atomic E-state index is 0.0717. The lowest BCUT2D eigenvalue weighted by Crippen LogP contribution is -2.22. The Morgan fingerprint density at radius 1 is 0.963 bits per heavy atom. The molecule has 0 bridgehead atoms. The second-order valence-corrected chi connectivity index (χ2v) is 7.06. The molecule has 0 amide bonds. The molecule has 27 heavy (non-hydrogen) atoms. The Kier molecular flexibility index (Phi) is 4.38. The molecule has 0 saturated carbocycles. The highest BCUT2D eigenvalue weighted by Gasteiger charge is 2.13. The molecule has 4 rings (SSSR count). The number of hydrogen-bond acceptors (Lipinski definition) is 4. The Hall–Kier alpha value is -2.82. The molecule has 0 unspecified atom stereocenters. The van der Waals surface area contributed by atoms with Crippen LogP contribution in [0.4, 0.5) is 0 Å². The number of aromatic carboxylic acids is 1. The van der Waals surface area contributed by atoms with Crippen LogP contribution in [-0.4, -0.2) is 11.0 Å². The number of hydrogen-bond donors (Lipinski definition) is 0. The van der Waals surface area contributed by atoms with E-state index in [1.54, 1.807) is 42.5 Å². The standard InChI is InChI=1S/C21H13Cl2NO3/c1-11-2-3-17-15(6-11)16(21(25)26)10-18(24-17)20-5-4-19(27-20)12-7-13(22)9-14(23)8-12/h2-10H,1H3,(H,25,26)/p-1. The Bertz CT molecular complexity index is 1180. The highest BCUT2D eigenvalue weighted by Crippen LogP contribution is 2.32. The molecule has 0 spiro atoms. The van der Waals surface area contributed by atoms with Crippen molar-refractivity contribution in [2.45, 2.75) is 6.92 Å². The SMILES string of the molecule is Cc1ccc2nc(-c3ccc(-c4cc(Cl)cc(Cl)c4)o3)cc(C(=O)[O-])c2c1. The van der Waals surface area contributed by atoms with E-state index in [1.165, 1.54) is 6.07 Å². The van der Waals surface area contributed by atoms with Gasteiger partial charge in [0.05, 0.1) is 11.5 Å². The molecule has 2 aromatic carbocycles. The van der Waals surface area contributed by atoms with Crippen LogP contribution in [0.2, 0.25) is 10.0 Å². The molecule has 2 aromatic heterocycles.